The molecule has 1 N–H and O–H groups in total. The van der Waals surface area contributed by atoms with Crippen molar-refractivity contribution in [1.82, 2.24) is 19.7 Å². The van der Waals surface area contributed by atoms with Crippen molar-refractivity contribution in [3.8, 4) is 0 Å². The number of nitrogens with zero attached hydrogens (tertiary/aromatic N) is 3. The molecule has 1 unspecified atom stereocenters. The number of carbonyl (C=O) groups is 1. The molecule has 1 aliphatic rings. The molecule has 1 aliphatic carbocycles. The van der Waals surface area contributed by atoms with Gasteiger partial charge in [0.05, 0.1) is 0 Å². The molecule has 2 aromatic heterocycles. The van der Waals surface area contributed by atoms with Gasteiger partial charge in [-0.25, -0.2) is 9.97 Å². The second-order valence-corrected chi connectivity index (χ2v) is 5.66. The maximum absolute atomic E-state index is 13.0. The second-order valence-electron chi connectivity index (χ2n) is 5.66. The van der Waals surface area contributed by atoms with E-state index >= 15 is 0 Å². The number of fused-ring (bicyclic) bond motifs is 1. The van der Waals surface area contributed by atoms with Crippen LogP contribution in [0.5, 0.6) is 0 Å². The Hall–Kier alpha value is -2.12. The Kier molecular flexibility index (Phi) is 3.34. The van der Waals surface area contributed by atoms with Crippen LogP contribution in [-0.2, 0) is 0 Å². The number of nitrogens with one attached hydrogen (secondary N) is 1. The molecule has 0 aromatic carbocycles. The van der Waals surface area contributed by atoms with Crippen molar-refractivity contribution in [3.63, 3.8) is 0 Å². The van der Waals surface area contributed by atoms with Crippen molar-refractivity contribution < 1.29 is 18.0 Å². The van der Waals surface area contributed by atoms with E-state index in [1.54, 1.807) is 17.4 Å². The van der Waals surface area contributed by atoms with Gasteiger partial charge in [-0.05, 0) is 38.7 Å². The van der Waals surface area contributed by atoms with Gasteiger partial charge in [-0.1, -0.05) is 0 Å². The summed E-state index contributed by atoms with van der Waals surface area (Å²) in [6.45, 7) is 3.57. The minimum Gasteiger partial charge on any atom is -0.339 e. The van der Waals surface area contributed by atoms with Gasteiger partial charge in [-0.3, -0.25) is 9.20 Å². The molecule has 0 bridgehead atoms. The van der Waals surface area contributed by atoms with Crippen LogP contribution in [0.2, 0.25) is 0 Å². The standard InChI is InChI=1S/C14H15F3N4O/c1-7-5-8(2)21-6-18-10(12(21)19-7)13(22)20-11(9-3-4-9)14(15,16)17/h5-6,9,11H,3-4H2,1-2H3,(H,20,22). The molecular formula is C14H15F3N4O. The minimum absolute atomic E-state index is 0.0818. The van der Waals surface area contributed by atoms with Gasteiger partial charge in [-0.15, -0.1) is 0 Å². The second kappa shape index (κ2) is 4.96. The highest BCUT2D eigenvalue weighted by Crippen LogP contribution is 2.40. The van der Waals surface area contributed by atoms with Gasteiger partial charge in [0.15, 0.2) is 11.3 Å². The van der Waals surface area contributed by atoms with Crippen molar-refractivity contribution >= 4 is 11.6 Å². The molecule has 1 atom stereocenters. The number of hydrogen-bond donors (Lipinski definition) is 1. The molecule has 8 heteroatoms. The first-order valence-electron chi connectivity index (χ1n) is 6.96. The molecule has 1 fully saturated rings. The van der Waals surface area contributed by atoms with E-state index in [9.17, 15) is 18.0 Å². The molecule has 3 rings (SSSR count). The lowest BCUT2D eigenvalue weighted by Crippen LogP contribution is -2.47. The number of aryl methyl sites for hydroxylation is 2. The number of hydrogen-bond acceptors (Lipinski definition) is 3. The SMILES string of the molecule is Cc1cc(C)n2cnc(C(=O)NC(C3CC3)C(F)(F)F)c2n1. The van der Waals surface area contributed by atoms with E-state index in [2.05, 4.69) is 15.3 Å². The lowest BCUT2D eigenvalue weighted by molar-refractivity contribution is -0.158. The summed E-state index contributed by atoms with van der Waals surface area (Å²) in [5.74, 6) is -1.37. The average Bonchev–Trinajstić information content (AvgIpc) is 3.13. The monoisotopic (exact) mass is 312 g/mol. The maximum Gasteiger partial charge on any atom is 0.408 e. The summed E-state index contributed by atoms with van der Waals surface area (Å²) in [4.78, 5) is 20.3. The van der Waals surface area contributed by atoms with E-state index in [0.717, 1.165) is 5.69 Å². The predicted molar refractivity (Wildman–Crippen MR) is 72.5 cm³/mol. The summed E-state index contributed by atoms with van der Waals surface area (Å²) in [5, 5.41) is 2.07. The van der Waals surface area contributed by atoms with Gasteiger partial charge in [-0.2, -0.15) is 13.2 Å². The van der Waals surface area contributed by atoms with Gasteiger partial charge in [0.1, 0.15) is 12.4 Å². The highest BCUT2D eigenvalue weighted by Gasteiger charge is 2.49. The summed E-state index contributed by atoms with van der Waals surface area (Å²) in [5.41, 5.74) is 1.67. The summed E-state index contributed by atoms with van der Waals surface area (Å²) < 4.78 is 40.6. The van der Waals surface area contributed by atoms with Gasteiger partial charge in [0.25, 0.3) is 5.91 Å². The summed E-state index contributed by atoms with van der Waals surface area (Å²) in [7, 11) is 0. The van der Waals surface area contributed by atoms with Crippen molar-refractivity contribution in [2.24, 2.45) is 5.92 Å². The van der Waals surface area contributed by atoms with E-state index in [1.807, 2.05) is 6.92 Å². The van der Waals surface area contributed by atoms with E-state index < -0.39 is 24.0 Å². The topological polar surface area (TPSA) is 59.3 Å². The normalized spacial score (nSPS) is 16.8. The van der Waals surface area contributed by atoms with Gasteiger partial charge in [0, 0.05) is 11.4 Å². The van der Waals surface area contributed by atoms with Crippen LogP contribution in [0.15, 0.2) is 12.4 Å². The molecule has 0 radical (unpaired) electrons. The average molecular weight is 312 g/mol. The Balaban J connectivity index is 1.92. The van der Waals surface area contributed by atoms with Crippen LogP contribution in [0.25, 0.3) is 5.65 Å². The van der Waals surface area contributed by atoms with E-state index in [1.165, 1.54) is 6.33 Å². The third-order valence-corrected chi connectivity index (χ3v) is 3.77. The quantitative estimate of drug-likeness (QED) is 0.947. The summed E-state index contributed by atoms with van der Waals surface area (Å²) in [6, 6.07) is -0.0123. The van der Waals surface area contributed by atoms with Crippen LogP contribution < -0.4 is 5.32 Å². The Labute approximate surface area is 124 Å². The number of rotatable bonds is 3. The molecular weight excluding hydrogens is 297 g/mol. The molecule has 22 heavy (non-hydrogen) atoms. The number of halogens is 3. The number of imidazole rings is 1. The van der Waals surface area contributed by atoms with Crippen LogP contribution in [0.3, 0.4) is 0 Å². The first kappa shape index (κ1) is 14.8. The zero-order valence-electron chi connectivity index (χ0n) is 12.1. The zero-order chi connectivity index (χ0) is 16.1. The van der Waals surface area contributed by atoms with Crippen LogP contribution in [0.1, 0.15) is 34.7 Å². The fraction of sp³-hybridized carbons (Fsp3) is 0.500. The van der Waals surface area contributed by atoms with Crippen LogP contribution in [-0.4, -0.2) is 32.5 Å². The molecule has 0 spiro atoms. The predicted octanol–water partition coefficient (Wildman–Crippen LogP) is 2.42. The summed E-state index contributed by atoms with van der Waals surface area (Å²) >= 11 is 0. The molecule has 118 valence electrons. The Bertz CT molecular complexity index is 733. The molecule has 1 amide bonds. The largest absolute Gasteiger partial charge is 0.408 e. The van der Waals surface area contributed by atoms with Crippen molar-refractivity contribution in [2.75, 3.05) is 0 Å². The minimum atomic E-state index is -4.45. The zero-order valence-corrected chi connectivity index (χ0v) is 12.1. The van der Waals surface area contributed by atoms with Crippen molar-refractivity contribution in [1.29, 1.82) is 0 Å². The smallest absolute Gasteiger partial charge is 0.339 e. The first-order chi connectivity index (χ1) is 10.3. The maximum atomic E-state index is 13.0. The number of amides is 1. The molecule has 1 saturated carbocycles. The summed E-state index contributed by atoms with van der Waals surface area (Å²) in [6.07, 6.45) is -2.10. The van der Waals surface area contributed by atoms with Crippen LogP contribution in [0, 0.1) is 19.8 Å². The lowest BCUT2D eigenvalue weighted by Gasteiger charge is -2.20. The number of alkyl halides is 3. The molecule has 5 nitrogen and oxygen atoms in total. The fourth-order valence-corrected chi connectivity index (χ4v) is 2.54. The number of carbonyl (C=O) groups excluding carboxylic acids is 1. The Morgan fingerprint density at radius 1 is 1.41 bits per heavy atom. The van der Waals surface area contributed by atoms with Gasteiger partial charge >= 0.3 is 6.18 Å². The molecule has 0 saturated heterocycles. The first-order valence-corrected chi connectivity index (χ1v) is 6.96. The Morgan fingerprint density at radius 2 is 2.09 bits per heavy atom. The third-order valence-electron chi connectivity index (χ3n) is 3.77. The van der Waals surface area contributed by atoms with Gasteiger partial charge < -0.3 is 5.32 Å². The van der Waals surface area contributed by atoms with Gasteiger partial charge in [0.2, 0.25) is 0 Å². The molecule has 2 aromatic rings. The van der Waals surface area contributed by atoms with Crippen molar-refractivity contribution in [2.45, 2.75) is 38.9 Å². The van der Waals surface area contributed by atoms with Crippen LogP contribution in [0.4, 0.5) is 13.2 Å². The van der Waals surface area contributed by atoms with E-state index in [0.29, 0.717) is 18.5 Å². The highest BCUT2D eigenvalue weighted by atomic mass is 19.4. The highest BCUT2D eigenvalue weighted by molar-refractivity contribution is 5.98. The fourth-order valence-electron chi connectivity index (χ4n) is 2.54. The molecule has 2 heterocycles. The van der Waals surface area contributed by atoms with Crippen molar-refractivity contribution in [3.05, 3.63) is 29.5 Å². The lowest BCUT2D eigenvalue weighted by atomic mass is 10.1. The molecule has 0 aliphatic heterocycles. The number of aromatic nitrogens is 3. The third kappa shape index (κ3) is 2.65. The van der Waals surface area contributed by atoms with E-state index in [4.69, 9.17) is 0 Å². The van der Waals surface area contributed by atoms with E-state index in [-0.39, 0.29) is 11.3 Å². The van der Waals surface area contributed by atoms with Crippen LogP contribution >= 0.6 is 0 Å². The Morgan fingerprint density at radius 3 is 2.68 bits per heavy atom.